The third kappa shape index (κ3) is 4.25. The van der Waals surface area contributed by atoms with E-state index in [4.69, 9.17) is 0 Å². The number of hydrogen-bond acceptors (Lipinski definition) is 2. The Morgan fingerprint density at radius 3 is 2.53 bits per heavy atom. The van der Waals surface area contributed by atoms with E-state index in [9.17, 15) is 14.7 Å². The van der Waals surface area contributed by atoms with Crippen molar-refractivity contribution in [3.63, 3.8) is 0 Å². The molecule has 0 radical (unpaired) electrons. The zero-order valence-electron chi connectivity index (χ0n) is 11.1. The lowest BCUT2D eigenvalue weighted by molar-refractivity contribution is -0.142. The highest BCUT2D eigenvalue weighted by atomic mass is 16.4. The van der Waals surface area contributed by atoms with Crippen molar-refractivity contribution in [2.45, 2.75) is 25.3 Å². The van der Waals surface area contributed by atoms with Crippen molar-refractivity contribution in [1.82, 2.24) is 4.90 Å². The fourth-order valence-corrected chi connectivity index (χ4v) is 1.86. The largest absolute Gasteiger partial charge is 0.480 e. The fraction of sp³-hybridized carbons (Fsp3) is 0.333. The second-order valence-corrected chi connectivity index (χ2v) is 4.36. The lowest BCUT2D eigenvalue weighted by atomic mass is 10.1. The summed E-state index contributed by atoms with van der Waals surface area (Å²) in [6.45, 7) is 3.60. The van der Waals surface area contributed by atoms with E-state index >= 15 is 0 Å². The highest BCUT2D eigenvalue weighted by Crippen LogP contribution is 2.12. The second kappa shape index (κ2) is 7.36. The fourth-order valence-electron chi connectivity index (χ4n) is 1.86. The van der Waals surface area contributed by atoms with Gasteiger partial charge in [-0.15, -0.1) is 6.58 Å². The van der Waals surface area contributed by atoms with Gasteiger partial charge in [0.1, 0.15) is 6.04 Å². The van der Waals surface area contributed by atoms with Gasteiger partial charge in [-0.1, -0.05) is 24.3 Å². The molecule has 102 valence electrons. The molecule has 19 heavy (non-hydrogen) atoms. The predicted molar refractivity (Wildman–Crippen MR) is 74.0 cm³/mol. The van der Waals surface area contributed by atoms with Gasteiger partial charge in [0.25, 0.3) is 5.91 Å². The molecular formula is C15H19NO3. The maximum atomic E-state index is 12.2. The van der Waals surface area contributed by atoms with Crippen LogP contribution in [0.25, 0.3) is 0 Å². The molecule has 0 aliphatic rings. The van der Waals surface area contributed by atoms with Gasteiger partial charge in [-0.05, 0) is 31.4 Å². The van der Waals surface area contributed by atoms with Gasteiger partial charge in [-0.25, -0.2) is 4.79 Å². The minimum Gasteiger partial charge on any atom is -0.480 e. The zero-order valence-corrected chi connectivity index (χ0v) is 11.1. The Hall–Kier alpha value is -2.10. The first-order valence-electron chi connectivity index (χ1n) is 6.23. The predicted octanol–water partition coefficient (Wildman–Crippen LogP) is 2.57. The molecular weight excluding hydrogens is 242 g/mol. The molecule has 1 atom stereocenters. The molecule has 0 saturated carbocycles. The Bertz CT molecular complexity index is 442. The van der Waals surface area contributed by atoms with E-state index in [2.05, 4.69) is 6.58 Å². The molecule has 0 heterocycles. The van der Waals surface area contributed by atoms with Crippen LogP contribution in [0, 0.1) is 0 Å². The van der Waals surface area contributed by atoms with Crippen LogP contribution in [0.15, 0.2) is 43.0 Å². The second-order valence-electron chi connectivity index (χ2n) is 4.36. The van der Waals surface area contributed by atoms with Crippen molar-refractivity contribution in [2.24, 2.45) is 0 Å². The number of benzene rings is 1. The van der Waals surface area contributed by atoms with Crippen LogP contribution in [0.1, 0.15) is 29.6 Å². The summed E-state index contributed by atoms with van der Waals surface area (Å²) < 4.78 is 0. The van der Waals surface area contributed by atoms with Crippen molar-refractivity contribution < 1.29 is 14.7 Å². The minimum atomic E-state index is -0.976. The Labute approximate surface area is 113 Å². The van der Waals surface area contributed by atoms with Crippen LogP contribution in [0.4, 0.5) is 0 Å². The van der Waals surface area contributed by atoms with E-state index in [0.29, 0.717) is 18.4 Å². The van der Waals surface area contributed by atoms with Gasteiger partial charge >= 0.3 is 5.97 Å². The molecule has 0 fully saturated rings. The summed E-state index contributed by atoms with van der Waals surface area (Å²) in [4.78, 5) is 24.7. The molecule has 1 aromatic carbocycles. The molecule has 0 bridgehead atoms. The van der Waals surface area contributed by atoms with E-state index < -0.39 is 12.0 Å². The van der Waals surface area contributed by atoms with Gasteiger partial charge in [-0.3, -0.25) is 4.79 Å². The zero-order chi connectivity index (χ0) is 14.3. The normalized spacial score (nSPS) is 11.6. The summed E-state index contributed by atoms with van der Waals surface area (Å²) in [6.07, 6.45) is 3.62. The van der Waals surface area contributed by atoms with Gasteiger partial charge in [0.15, 0.2) is 0 Å². The monoisotopic (exact) mass is 261 g/mol. The molecule has 4 heteroatoms. The number of likely N-dealkylation sites (N-methyl/N-ethyl adjacent to an activating group) is 1. The Morgan fingerprint density at radius 1 is 1.37 bits per heavy atom. The van der Waals surface area contributed by atoms with Gasteiger partial charge in [-0.2, -0.15) is 0 Å². The lowest BCUT2D eigenvalue weighted by Crippen LogP contribution is -2.42. The molecule has 0 saturated heterocycles. The molecule has 4 nitrogen and oxygen atoms in total. The molecule has 0 aliphatic carbocycles. The number of aliphatic carboxylic acids is 1. The molecule has 1 unspecified atom stereocenters. The van der Waals surface area contributed by atoms with E-state index in [0.717, 1.165) is 6.42 Å². The molecule has 0 aliphatic heterocycles. The summed E-state index contributed by atoms with van der Waals surface area (Å²) in [7, 11) is 1.53. The van der Waals surface area contributed by atoms with Crippen LogP contribution in [-0.4, -0.2) is 35.0 Å². The number of carboxylic acid groups (broad SMARTS) is 1. The number of hydrogen-bond donors (Lipinski definition) is 1. The number of carbonyl (C=O) groups is 2. The number of carbonyl (C=O) groups excluding carboxylic acids is 1. The Balaban J connectivity index is 2.76. The van der Waals surface area contributed by atoms with Crippen molar-refractivity contribution in [1.29, 1.82) is 0 Å². The number of nitrogens with zero attached hydrogens (tertiary/aromatic N) is 1. The summed E-state index contributed by atoms with van der Waals surface area (Å²) >= 11 is 0. The third-order valence-electron chi connectivity index (χ3n) is 2.98. The van der Waals surface area contributed by atoms with E-state index in [-0.39, 0.29) is 5.91 Å². The average molecular weight is 261 g/mol. The molecule has 0 spiro atoms. The molecule has 0 aromatic heterocycles. The number of amides is 1. The van der Waals surface area contributed by atoms with Crippen LogP contribution >= 0.6 is 0 Å². The SMILES string of the molecule is C=CCCCC(C(=O)O)N(C)C(=O)c1ccccc1. The van der Waals surface area contributed by atoms with Crippen LogP contribution in [0.2, 0.25) is 0 Å². The smallest absolute Gasteiger partial charge is 0.326 e. The van der Waals surface area contributed by atoms with Crippen molar-refractivity contribution >= 4 is 11.9 Å². The number of rotatable bonds is 7. The minimum absolute atomic E-state index is 0.272. The number of allylic oxidation sites excluding steroid dienone is 1. The van der Waals surface area contributed by atoms with E-state index in [1.54, 1.807) is 30.3 Å². The van der Waals surface area contributed by atoms with E-state index in [1.165, 1.54) is 11.9 Å². The third-order valence-corrected chi connectivity index (χ3v) is 2.98. The summed E-state index contributed by atoms with van der Waals surface area (Å²) in [5, 5.41) is 9.22. The van der Waals surface area contributed by atoms with Crippen LogP contribution in [-0.2, 0) is 4.79 Å². The number of unbranched alkanes of at least 4 members (excludes halogenated alkanes) is 1. The maximum absolute atomic E-state index is 12.2. The van der Waals surface area contributed by atoms with Crippen molar-refractivity contribution in [3.8, 4) is 0 Å². The lowest BCUT2D eigenvalue weighted by Gasteiger charge is -2.24. The summed E-state index contributed by atoms with van der Waals surface area (Å²) in [6, 6.07) is 7.90. The number of carboxylic acids is 1. The maximum Gasteiger partial charge on any atom is 0.326 e. The molecule has 1 rings (SSSR count). The summed E-state index contributed by atoms with van der Waals surface area (Å²) in [5.41, 5.74) is 0.500. The highest BCUT2D eigenvalue weighted by molar-refractivity contribution is 5.96. The highest BCUT2D eigenvalue weighted by Gasteiger charge is 2.26. The van der Waals surface area contributed by atoms with Gasteiger partial charge < -0.3 is 10.0 Å². The first kappa shape index (κ1) is 15.0. The Morgan fingerprint density at radius 2 is 2.00 bits per heavy atom. The summed E-state index contributed by atoms with van der Waals surface area (Å²) in [5.74, 6) is -1.25. The quantitative estimate of drug-likeness (QED) is 0.606. The van der Waals surface area contributed by atoms with Gasteiger partial charge in [0.05, 0.1) is 0 Å². The standard InChI is InChI=1S/C15H19NO3/c1-3-4-6-11-13(15(18)19)16(2)14(17)12-9-7-5-8-10-12/h3,5,7-10,13H,1,4,6,11H2,2H3,(H,18,19). The van der Waals surface area contributed by atoms with Crippen LogP contribution < -0.4 is 0 Å². The average Bonchev–Trinajstić information content (AvgIpc) is 2.42. The molecule has 1 N–H and O–H groups in total. The van der Waals surface area contributed by atoms with Crippen LogP contribution in [0.5, 0.6) is 0 Å². The first-order valence-corrected chi connectivity index (χ1v) is 6.23. The molecule has 1 aromatic rings. The van der Waals surface area contributed by atoms with Crippen molar-refractivity contribution in [2.75, 3.05) is 7.05 Å². The van der Waals surface area contributed by atoms with Gasteiger partial charge in [0.2, 0.25) is 0 Å². The van der Waals surface area contributed by atoms with Crippen molar-refractivity contribution in [3.05, 3.63) is 48.6 Å². The Kier molecular flexibility index (Phi) is 5.79. The molecule has 1 amide bonds. The van der Waals surface area contributed by atoms with E-state index in [1.807, 2.05) is 6.07 Å². The topological polar surface area (TPSA) is 57.6 Å². The van der Waals surface area contributed by atoms with Gasteiger partial charge in [0, 0.05) is 12.6 Å². The first-order chi connectivity index (χ1) is 9.07. The van der Waals surface area contributed by atoms with Crippen LogP contribution in [0.3, 0.4) is 0 Å².